The second-order valence-corrected chi connectivity index (χ2v) is 7.38. The van der Waals surface area contributed by atoms with Crippen LogP contribution < -0.4 is 4.90 Å². The van der Waals surface area contributed by atoms with Gasteiger partial charge in [0.1, 0.15) is 10.7 Å². The van der Waals surface area contributed by atoms with Crippen LogP contribution in [0, 0.1) is 0 Å². The SMILES string of the molecule is COC(=O)C1=C(C(=O)OC)N(c2cccc(-c3nc4ccccc4s3)c2)C=CC=C1. The van der Waals surface area contributed by atoms with Crippen LogP contribution in [0.15, 0.2) is 84.2 Å². The van der Waals surface area contributed by atoms with Crippen LogP contribution in [0.25, 0.3) is 20.8 Å². The number of allylic oxidation sites excluding steroid dienone is 2. The molecule has 0 bridgehead atoms. The number of fused-ring (bicyclic) bond motifs is 1. The second kappa shape index (κ2) is 8.34. The second-order valence-electron chi connectivity index (χ2n) is 6.35. The fraction of sp³-hybridized carbons (Fsp3) is 0.0870. The molecule has 0 atom stereocenters. The summed E-state index contributed by atoms with van der Waals surface area (Å²) in [7, 11) is 2.55. The zero-order chi connectivity index (χ0) is 21.1. The molecule has 30 heavy (non-hydrogen) atoms. The van der Waals surface area contributed by atoms with E-state index in [1.165, 1.54) is 20.3 Å². The number of aromatic nitrogens is 1. The van der Waals surface area contributed by atoms with E-state index in [1.54, 1.807) is 34.6 Å². The Morgan fingerprint density at radius 2 is 1.77 bits per heavy atom. The number of hydrogen-bond donors (Lipinski definition) is 0. The van der Waals surface area contributed by atoms with Gasteiger partial charge in [0, 0.05) is 17.5 Å². The molecule has 1 aromatic heterocycles. The normalized spacial score (nSPS) is 13.5. The molecule has 1 aliphatic rings. The van der Waals surface area contributed by atoms with Gasteiger partial charge in [0.05, 0.1) is 30.0 Å². The third-order valence-corrected chi connectivity index (χ3v) is 5.64. The maximum absolute atomic E-state index is 12.6. The van der Waals surface area contributed by atoms with Crippen LogP contribution >= 0.6 is 11.3 Å². The van der Waals surface area contributed by atoms with E-state index in [1.807, 2.05) is 48.5 Å². The Kier molecular flexibility index (Phi) is 5.45. The average Bonchev–Trinajstić information content (AvgIpc) is 3.10. The van der Waals surface area contributed by atoms with E-state index in [0.717, 1.165) is 20.8 Å². The van der Waals surface area contributed by atoms with Gasteiger partial charge in [0.25, 0.3) is 0 Å². The van der Waals surface area contributed by atoms with E-state index in [9.17, 15) is 9.59 Å². The van der Waals surface area contributed by atoms with Gasteiger partial charge in [-0.1, -0.05) is 30.3 Å². The summed E-state index contributed by atoms with van der Waals surface area (Å²) in [6, 6.07) is 15.6. The van der Waals surface area contributed by atoms with Crippen LogP contribution in [0.5, 0.6) is 0 Å². The Morgan fingerprint density at radius 1 is 0.967 bits per heavy atom. The molecule has 0 aliphatic carbocycles. The predicted molar refractivity (Wildman–Crippen MR) is 117 cm³/mol. The number of carbonyl (C=O) groups excluding carboxylic acids is 2. The summed E-state index contributed by atoms with van der Waals surface area (Å²) in [6.45, 7) is 0. The summed E-state index contributed by atoms with van der Waals surface area (Å²) in [5.41, 5.74) is 2.72. The highest BCUT2D eigenvalue weighted by atomic mass is 32.1. The smallest absolute Gasteiger partial charge is 0.355 e. The summed E-state index contributed by atoms with van der Waals surface area (Å²) in [6.07, 6.45) is 6.65. The molecule has 0 unspecified atom stereocenters. The van der Waals surface area contributed by atoms with Gasteiger partial charge in [0.2, 0.25) is 0 Å². The van der Waals surface area contributed by atoms with Crippen LogP contribution in [-0.2, 0) is 19.1 Å². The molecule has 2 heterocycles. The molecular formula is C23H18N2O4S. The Labute approximate surface area is 177 Å². The highest BCUT2D eigenvalue weighted by molar-refractivity contribution is 7.21. The Morgan fingerprint density at radius 3 is 2.53 bits per heavy atom. The average molecular weight is 418 g/mol. The first-order valence-electron chi connectivity index (χ1n) is 9.13. The van der Waals surface area contributed by atoms with Gasteiger partial charge in [-0.3, -0.25) is 0 Å². The molecule has 0 saturated heterocycles. The number of nitrogens with zero attached hydrogens (tertiary/aromatic N) is 2. The Hall–Kier alpha value is -3.71. The number of anilines is 1. The lowest BCUT2D eigenvalue weighted by molar-refractivity contribution is -0.139. The third-order valence-electron chi connectivity index (χ3n) is 4.55. The molecule has 6 nitrogen and oxygen atoms in total. The first kappa shape index (κ1) is 19.6. The monoisotopic (exact) mass is 418 g/mol. The van der Waals surface area contributed by atoms with Gasteiger partial charge in [-0.25, -0.2) is 14.6 Å². The summed E-state index contributed by atoms with van der Waals surface area (Å²) in [5.74, 6) is -1.26. The van der Waals surface area contributed by atoms with Gasteiger partial charge in [-0.05, 0) is 36.4 Å². The van der Waals surface area contributed by atoms with Crippen molar-refractivity contribution < 1.29 is 19.1 Å². The summed E-state index contributed by atoms with van der Waals surface area (Å²) in [4.78, 5) is 31.2. The Balaban J connectivity index is 1.83. The minimum atomic E-state index is -0.642. The van der Waals surface area contributed by atoms with Crippen molar-refractivity contribution in [2.75, 3.05) is 19.1 Å². The number of methoxy groups -OCH3 is 2. The van der Waals surface area contributed by atoms with Crippen molar-refractivity contribution in [2.45, 2.75) is 0 Å². The van der Waals surface area contributed by atoms with Crippen molar-refractivity contribution in [2.24, 2.45) is 0 Å². The molecule has 150 valence electrons. The van der Waals surface area contributed by atoms with Gasteiger partial charge < -0.3 is 14.4 Å². The van der Waals surface area contributed by atoms with Gasteiger partial charge >= 0.3 is 11.9 Å². The van der Waals surface area contributed by atoms with E-state index < -0.39 is 11.9 Å². The first-order chi connectivity index (χ1) is 14.6. The van der Waals surface area contributed by atoms with Crippen molar-refractivity contribution in [3.05, 3.63) is 84.2 Å². The number of benzene rings is 2. The molecule has 3 aromatic rings. The van der Waals surface area contributed by atoms with Crippen molar-refractivity contribution in [3.8, 4) is 10.6 Å². The highest BCUT2D eigenvalue weighted by Gasteiger charge is 2.27. The fourth-order valence-corrected chi connectivity index (χ4v) is 4.11. The summed E-state index contributed by atoms with van der Waals surface area (Å²) < 4.78 is 10.9. The molecule has 1 aliphatic heterocycles. The minimum Gasteiger partial charge on any atom is -0.465 e. The lowest BCUT2D eigenvalue weighted by atomic mass is 10.1. The van der Waals surface area contributed by atoms with E-state index >= 15 is 0 Å². The number of ether oxygens (including phenoxy) is 2. The fourth-order valence-electron chi connectivity index (χ4n) is 3.15. The quantitative estimate of drug-likeness (QED) is 0.583. The zero-order valence-corrected chi connectivity index (χ0v) is 17.2. The van der Waals surface area contributed by atoms with Crippen LogP contribution in [0.1, 0.15) is 0 Å². The number of esters is 2. The molecule has 7 heteroatoms. The lowest BCUT2D eigenvalue weighted by Gasteiger charge is -2.23. The molecular weight excluding hydrogens is 400 g/mol. The largest absolute Gasteiger partial charge is 0.465 e. The molecule has 2 aromatic carbocycles. The zero-order valence-electron chi connectivity index (χ0n) is 16.4. The van der Waals surface area contributed by atoms with E-state index in [2.05, 4.69) is 0 Å². The van der Waals surface area contributed by atoms with Crippen molar-refractivity contribution >= 4 is 39.2 Å². The Bertz CT molecular complexity index is 1190. The van der Waals surface area contributed by atoms with Gasteiger partial charge in [-0.2, -0.15) is 0 Å². The number of hydrogen-bond acceptors (Lipinski definition) is 7. The maximum Gasteiger partial charge on any atom is 0.355 e. The van der Waals surface area contributed by atoms with Gasteiger partial charge in [0.15, 0.2) is 0 Å². The molecule has 0 radical (unpaired) electrons. The minimum absolute atomic E-state index is 0.0794. The molecule has 0 fully saturated rings. The lowest BCUT2D eigenvalue weighted by Crippen LogP contribution is -2.26. The number of rotatable bonds is 4. The first-order valence-corrected chi connectivity index (χ1v) is 9.95. The molecule has 0 N–H and O–H groups in total. The van der Waals surface area contributed by atoms with Crippen LogP contribution in [0.4, 0.5) is 5.69 Å². The topological polar surface area (TPSA) is 68.7 Å². The summed E-state index contributed by atoms with van der Waals surface area (Å²) >= 11 is 1.59. The maximum atomic E-state index is 12.6. The van der Waals surface area contributed by atoms with E-state index in [4.69, 9.17) is 14.5 Å². The molecule has 0 amide bonds. The summed E-state index contributed by atoms with van der Waals surface area (Å²) in [5, 5.41) is 0.867. The molecule has 4 rings (SSSR count). The standard InChI is InChI=1S/C23H18N2O4S/c1-28-22(26)17-10-5-6-13-25(20(17)23(27)29-2)16-9-7-8-15(14-16)21-24-18-11-3-4-12-19(18)30-21/h3-14H,1-2H3. The van der Waals surface area contributed by atoms with Gasteiger partial charge in [-0.15, -0.1) is 11.3 Å². The number of thiazole rings is 1. The van der Waals surface area contributed by atoms with E-state index in [-0.39, 0.29) is 11.3 Å². The van der Waals surface area contributed by atoms with Crippen LogP contribution in [0.2, 0.25) is 0 Å². The van der Waals surface area contributed by atoms with Crippen molar-refractivity contribution in [1.82, 2.24) is 4.98 Å². The van der Waals surface area contributed by atoms with Crippen LogP contribution in [0.3, 0.4) is 0 Å². The van der Waals surface area contributed by atoms with Crippen LogP contribution in [-0.4, -0.2) is 31.1 Å². The third kappa shape index (κ3) is 3.62. The molecule has 0 spiro atoms. The number of para-hydroxylation sites is 1. The molecule has 0 saturated carbocycles. The van der Waals surface area contributed by atoms with Crippen molar-refractivity contribution in [1.29, 1.82) is 0 Å². The van der Waals surface area contributed by atoms with Crippen molar-refractivity contribution in [3.63, 3.8) is 0 Å². The number of carbonyl (C=O) groups is 2. The van der Waals surface area contributed by atoms with E-state index in [0.29, 0.717) is 5.69 Å². The predicted octanol–water partition coefficient (Wildman–Crippen LogP) is 4.45. The highest BCUT2D eigenvalue weighted by Crippen LogP contribution is 2.34.